The minimum Gasteiger partial charge on any atom is -0.426 e. The highest BCUT2D eigenvalue weighted by molar-refractivity contribution is 5.85. The summed E-state index contributed by atoms with van der Waals surface area (Å²) in [6.45, 7) is 3.54. The van der Waals surface area contributed by atoms with E-state index in [0.717, 1.165) is 12.8 Å². The molecule has 90 valence electrons. The first-order valence-electron chi connectivity index (χ1n) is 5.19. The van der Waals surface area contributed by atoms with Gasteiger partial charge in [-0.25, -0.2) is 4.79 Å². The van der Waals surface area contributed by atoms with Gasteiger partial charge in [0.1, 0.15) is 5.60 Å². The van der Waals surface area contributed by atoms with Gasteiger partial charge in [0.05, 0.1) is 0 Å². The lowest BCUT2D eigenvalue weighted by Crippen LogP contribution is -2.33. The van der Waals surface area contributed by atoms with Crippen molar-refractivity contribution in [2.45, 2.75) is 45.1 Å². The van der Waals surface area contributed by atoms with Crippen LogP contribution in [-0.2, 0) is 19.2 Å². The Labute approximate surface area is 93.4 Å². The molecule has 0 atom stereocenters. The molecule has 6 nitrogen and oxygen atoms in total. The summed E-state index contributed by atoms with van der Waals surface area (Å²) >= 11 is 0. The average Bonchev–Trinajstić information content (AvgIpc) is 2.92. The molecule has 0 aromatic rings. The fourth-order valence-electron chi connectivity index (χ4n) is 1.03. The Hall–Kier alpha value is -1.59. The number of hydrogen-bond acceptors (Lipinski definition) is 5. The lowest BCUT2D eigenvalue weighted by Gasteiger charge is -2.15. The molecule has 16 heavy (non-hydrogen) atoms. The smallest absolute Gasteiger partial charge is 0.426 e. The summed E-state index contributed by atoms with van der Waals surface area (Å²) in [6, 6.07) is 0. The van der Waals surface area contributed by atoms with E-state index in [1.807, 2.05) is 0 Å². The zero-order valence-electron chi connectivity index (χ0n) is 9.39. The number of nitrogens with zero attached hydrogens (tertiary/aromatic N) is 1. The predicted octanol–water partition coefficient (Wildman–Crippen LogP) is 1.39. The van der Waals surface area contributed by atoms with Gasteiger partial charge in [0.2, 0.25) is 0 Å². The van der Waals surface area contributed by atoms with Crippen molar-refractivity contribution in [2.24, 2.45) is 0 Å². The molecule has 1 saturated carbocycles. The zero-order valence-corrected chi connectivity index (χ0v) is 9.39. The van der Waals surface area contributed by atoms with E-state index in [1.54, 1.807) is 13.8 Å². The maximum atomic E-state index is 11.3. The SMILES string of the molecule is CCCC(=O)N(C=O)OC(=O)OC1(C)CC1. The van der Waals surface area contributed by atoms with Crippen molar-refractivity contribution in [2.75, 3.05) is 0 Å². The Bertz CT molecular complexity index is 298. The highest BCUT2D eigenvalue weighted by atomic mass is 16.8. The van der Waals surface area contributed by atoms with Crippen LogP contribution in [0.3, 0.4) is 0 Å². The fourth-order valence-corrected chi connectivity index (χ4v) is 1.03. The highest BCUT2D eigenvalue weighted by Gasteiger charge is 2.42. The van der Waals surface area contributed by atoms with E-state index in [0.29, 0.717) is 11.5 Å². The maximum Gasteiger partial charge on any atom is 0.534 e. The van der Waals surface area contributed by atoms with Gasteiger partial charge in [0, 0.05) is 6.42 Å². The third-order valence-electron chi connectivity index (χ3n) is 2.26. The second kappa shape index (κ2) is 4.96. The van der Waals surface area contributed by atoms with Crippen molar-refractivity contribution < 1.29 is 24.0 Å². The summed E-state index contributed by atoms with van der Waals surface area (Å²) < 4.78 is 4.90. The first-order chi connectivity index (χ1) is 7.50. The lowest BCUT2D eigenvalue weighted by atomic mass is 10.3. The van der Waals surface area contributed by atoms with Crippen molar-refractivity contribution in [3.8, 4) is 0 Å². The van der Waals surface area contributed by atoms with E-state index in [9.17, 15) is 14.4 Å². The van der Waals surface area contributed by atoms with Gasteiger partial charge < -0.3 is 4.74 Å². The van der Waals surface area contributed by atoms with E-state index in [-0.39, 0.29) is 12.8 Å². The topological polar surface area (TPSA) is 72.9 Å². The number of carbonyl (C=O) groups excluding carboxylic acids is 3. The molecule has 1 fully saturated rings. The molecule has 0 radical (unpaired) electrons. The molecule has 0 aromatic carbocycles. The molecule has 0 aromatic heterocycles. The molecular formula is C10H15NO5. The van der Waals surface area contributed by atoms with Gasteiger partial charge in [-0.05, 0) is 26.2 Å². The van der Waals surface area contributed by atoms with Gasteiger partial charge in [0.25, 0.3) is 12.3 Å². The summed E-state index contributed by atoms with van der Waals surface area (Å²) in [5.41, 5.74) is -0.487. The molecule has 0 N–H and O–H groups in total. The Kier molecular flexibility index (Phi) is 3.87. The highest BCUT2D eigenvalue weighted by Crippen LogP contribution is 2.38. The van der Waals surface area contributed by atoms with Gasteiger partial charge in [-0.1, -0.05) is 6.92 Å². The minimum absolute atomic E-state index is 0.142. The third-order valence-corrected chi connectivity index (χ3v) is 2.26. The van der Waals surface area contributed by atoms with E-state index in [2.05, 4.69) is 4.84 Å². The van der Waals surface area contributed by atoms with Gasteiger partial charge in [-0.15, -0.1) is 5.06 Å². The van der Waals surface area contributed by atoms with Gasteiger partial charge in [-0.3, -0.25) is 14.4 Å². The molecule has 0 aliphatic heterocycles. The molecule has 0 saturated heterocycles. The number of amides is 2. The van der Waals surface area contributed by atoms with Crippen LogP contribution >= 0.6 is 0 Å². The zero-order chi connectivity index (χ0) is 12.2. The van der Waals surface area contributed by atoms with Crippen LogP contribution in [0.4, 0.5) is 4.79 Å². The van der Waals surface area contributed by atoms with Crippen LogP contribution < -0.4 is 0 Å². The quantitative estimate of drug-likeness (QED) is 0.414. The van der Waals surface area contributed by atoms with Crippen LogP contribution in [0.1, 0.15) is 39.5 Å². The Morgan fingerprint density at radius 1 is 1.44 bits per heavy atom. The Morgan fingerprint density at radius 3 is 2.50 bits per heavy atom. The summed E-state index contributed by atoms with van der Waals surface area (Å²) in [6.07, 6.45) is 1.39. The number of hydroxylamine groups is 2. The molecule has 1 aliphatic carbocycles. The molecule has 0 heterocycles. The van der Waals surface area contributed by atoms with Crippen LogP contribution in [0.5, 0.6) is 0 Å². The molecule has 0 bridgehead atoms. The van der Waals surface area contributed by atoms with Crippen molar-refractivity contribution >= 4 is 18.5 Å². The van der Waals surface area contributed by atoms with E-state index in [1.165, 1.54) is 0 Å². The third kappa shape index (κ3) is 3.52. The fraction of sp³-hybridized carbons (Fsp3) is 0.700. The van der Waals surface area contributed by atoms with Gasteiger partial charge >= 0.3 is 6.16 Å². The number of hydrogen-bond donors (Lipinski definition) is 0. The van der Waals surface area contributed by atoms with Crippen molar-refractivity contribution in [1.82, 2.24) is 5.06 Å². The largest absolute Gasteiger partial charge is 0.534 e. The van der Waals surface area contributed by atoms with Crippen LogP contribution in [0.25, 0.3) is 0 Å². The summed E-state index contributed by atoms with van der Waals surface area (Å²) in [4.78, 5) is 37.4. The number of ether oxygens (including phenoxy) is 1. The first-order valence-corrected chi connectivity index (χ1v) is 5.19. The first kappa shape index (κ1) is 12.5. The van der Waals surface area contributed by atoms with Crippen LogP contribution in [0.15, 0.2) is 0 Å². The molecule has 0 spiro atoms. The maximum absolute atomic E-state index is 11.3. The number of carbonyl (C=O) groups is 3. The van der Waals surface area contributed by atoms with Crippen molar-refractivity contribution in [3.05, 3.63) is 0 Å². The predicted molar refractivity (Wildman–Crippen MR) is 53.0 cm³/mol. The number of rotatable bonds is 4. The standard InChI is InChI=1S/C10H15NO5/c1-3-4-8(13)11(7-12)16-9(14)15-10(2)5-6-10/h7H,3-6H2,1-2H3. The summed E-state index contributed by atoms with van der Waals surface area (Å²) in [5.74, 6) is -0.560. The van der Waals surface area contributed by atoms with Crippen molar-refractivity contribution in [1.29, 1.82) is 0 Å². The Morgan fingerprint density at radius 2 is 2.06 bits per heavy atom. The van der Waals surface area contributed by atoms with Gasteiger partial charge in [-0.2, -0.15) is 0 Å². The normalized spacial score (nSPS) is 16.1. The second-order valence-electron chi connectivity index (χ2n) is 3.97. The van der Waals surface area contributed by atoms with Crippen LogP contribution in [0, 0.1) is 0 Å². The lowest BCUT2D eigenvalue weighted by molar-refractivity contribution is -0.177. The van der Waals surface area contributed by atoms with Crippen LogP contribution in [0.2, 0.25) is 0 Å². The molecule has 6 heteroatoms. The van der Waals surface area contributed by atoms with E-state index < -0.39 is 17.7 Å². The van der Waals surface area contributed by atoms with Crippen molar-refractivity contribution in [3.63, 3.8) is 0 Å². The minimum atomic E-state index is -1.02. The molecular weight excluding hydrogens is 214 g/mol. The number of imide groups is 1. The van der Waals surface area contributed by atoms with E-state index >= 15 is 0 Å². The monoisotopic (exact) mass is 229 g/mol. The molecule has 1 aliphatic rings. The Balaban J connectivity index is 2.40. The summed E-state index contributed by atoms with van der Waals surface area (Å²) in [7, 11) is 0. The summed E-state index contributed by atoms with van der Waals surface area (Å²) in [5, 5.41) is 0.373. The van der Waals surface area contributed by atoms with Crippen LogP contribution in [-0.4, -0.2) is 29.1 Å². The average molecular weight is 229 g/mol. The van der Waals surface area contributed by atoms with E-state index in [4.69, 9.17) is 4.74 Å². The molecule has 0 unspecified atom stereocenters. The van der Waals surface area contributed by atoms with Gasteiger partial charge in [0.15, 0.2) is 0 Å². The molecule has 1 rings (SSSR count). The molecule has 2 amide bonds. The second-order valence-corrected chi connectivity index (χ2v) is 3.97.